The Hall–Kier alpha value is -3.39. The van der Waals surface area contributed by atoms with Crippen LogP contribution in [-0.2, 0) is 6.54 Å². The molecule has 3 N–H and O–H groups in total. The zero-order chi connectivity index (χ0) is 18.3. The van der Waals surface area contributed by atoms with Crippen LogP contribution >= 0.6 is 0 Å². The molecular formula is C18H17N5O3. The van der Waals surface area contributed by atoms with Gasteiger partial charge in [0.2, 0.25) is 0 Å². The van der Waals surface area contributed by atoms with E-state index in [0.29, 0.717) is 28.9 Å². The number of carbonyl (C=O) groups excluding carboxylic acids is 1. The molecule has 0 aliphatic carbocycles. The predicted octanol–water partition coefficient (Wildman–Crippen LogP) is 2.31. The number of nitrogens with zero attached hydrogens (tertiary/aromatic N) is 2. The lowest BCUT2D eigenvalue weighted by molar-refractivity contribution is 0.102. The van der Waals surface area contributed by atoms with Crippen molar-refractivity contribution in [2.45, 2.75) is 6.54 Å². The summed E-state index contributed by atoms with van der Waals surface area (Å²) < 4.78 is 4.99. The number of fused-ring (bicyclic) bond motifs is 2. The summed E-state index contributed by atoms with van der Waals surface area (Å²) in [4.78, 5) is 36.0. The first-order valence-electron chi connectivity index (χ1n) is 8.05. The van der Waals surface area contributed by atoms with Gasteiger partial charge in [-0.1, -0.05) is 0 Å². The Morgan fingerprint density at radius 1 is 1.15 bits per heavy atom. The fourth-order valence-corrected chi connectivity index (χ4v) is 2.80. The van der Waals surface area contributed by atoms with E-state index in [1.165, 1.54) is 6.07 Å². The van der Waals surface area contributed by atoms with E-state index < -0.39 is 5.76 Å². The maximum Gasteiger partial charge on any atom is 0.417 e. The van der Waals surface area contributed by atoms with E-state index >= 15 is 0 Å². The van der Waals surface area contributed by atoms with Crippen LogP contribution in [0.1, 0.15) is 16.2 Å². The van der Waals surface area contributed by atoms with Crippen molar-refractivity contribution in [3.05, 3.63) is 58.3 Å². The average molecular weight is 351 g/mol. The Balaban J connectivity index is 1.58. The predicted molar refractivity (Wildman–Crippen MR) is 98.3 cm³/mol. The van der Waals surface area contributed by atoms with Gasteiger partial charge in [-0.15, -0.1) is 0 Å². The summed E-state index contributed by atoms with van der Waals surface area (Å²) in [6.07, 6.45) is 0. The first-order chi connectivity index (χ1) is 12.5. The van der Waals surface area contributed by atoms with Gasteiger partial charge < -0.3 is 19.6 Å². The van der Waals surface area contributed by atoms with Crippen molar-refractivity contribution < 1.29 is 9.21 Å². The minimum absolute atomic E-state index is 0.289. The lowest BCUT2D eigenvalue weighted by Gasteiger charge is -2.05. The van der Waals surface area contributed by atoms with Gasteiger partial charge >= 0.3 is 5.76 Å². The minimum atomic E-state index is -0.546. The molecule has 2 heterocycles. The molecule has 0 radical (unpaired) electrons. The number of hydrogen-bond donors (Lipinski definition) is 3. The molecule has 0 saturated carbocycles. The van der Waals surface area contributed by atoms with Gasteiger partial charge in [-0.2, -0.15) is 0 Å². The van der Waals surface area contributed by atoms with Gasteiger partial charge in [-0.3, -0.25) is 9.78 Å². The number of nitrogens with one attached hydrogen (secondary N) is 3. The molecule has 0 aliphatic heterocycles. The maximum atomic E-state index is 12.5. The molecule has 8 nitrogen and oxygen atoms in total. The Kier molecular flexibility index (Phi) is 3.81. The molecule has 1 amide bonds. The van der Waals surface area contributed by atoms with Crippen LogP contribution in [0.2, 0.25) is 0 Å². The second-order valence-electron chi connectivity index (χ2n) is 6.33. The Bertz CT molecular complexity index is 1170. The zero-order valence-electron chi connectivity index (χ0n) is 14.3. The molecule has 0 bridgehead atoms. The van der Waals surface area contributed by atoms with E-state index in [9.17, 15) is 9.59 Å². The molecule has 0 atom stereocenters. The lowest BCUT2D eigenvalue weighted by atomic mass is 10.2. The largest absolute Gasteiger partial charge is 0.417 e. The van der Waals surface area contributed by atoms with Gasteiger partial charge in [0.05, 0.1) is 23.1 Å². The van der Waals surface area contributed by atoms with Gasteiger partial charge in [-0.25, -0.2) is 9.78 Å². The van der Waals surface area contributed by atoms with Gasteiger partial charge in [0.15, 0.2) is 5.58 Å². The second-order valence-corrected chi connectivity index (χ2v) is 6.33. The molecule has 4 rings (SSSR count). The molecule has 132 valence electrons. The van der Waals surface area contributed by atoms with Crippen molar-refractivity contribution in [3.8, 4) is 0 Å². The van der Waals surface area contributed by atoms with Crippen molar-refractivity contribution in [2.24, 2.45) is 0 Å². The van der Waals surface area contributed by atoms with E-state index in [0.717, 1.165) is 16.9 Å². The summed E-state index contributed by atoms with van der Waals surface area (Å²) >= 11 is 0. The third-order valence-corrected chi connectivity index (χ3v) is 3.94. The van der Waals surface area contributed by atoms with Crippen molar-refractivity contribution in [3.63, 3.8) is 0 Å². The summed E-state index contributed by atoms with van der Waals surface area (Å²) in [6, 6.07) is 10.3. The van der Waals surface area contributed by atoms with E-state index in [1.807, 2.05) is 31.1 Å². The van der Waals surface area contributed by atoms with Gasteiger partial charge in [0.25, 0.3) is 5.91 Å². The number of aromatic amines is 2. The fraction of sp³-hybridized carbons (Fsp3) is 0.167. The van der Waals surface area contributed by atoms with Crippen molar-refractivity contribution >= 4 is 33.7 Å². The van der Waals surface area contributed by atoms with Crippen molar-refractivity contribution in [1.82, 2.24) is 19.9 Å². The monoisotopic (exact) mass is 351 g/mol. The van der Waals surface area contributed by atoms with Crippen LogP contribution < -0.4 is 11.1 Å². The van der Waals surface area contributed by atoms with Crippen LogP contribution in [0.5, 0.6) is 0 Å². The number of anilines is 1. The third kappa shape index (κ3) is 3.09. The van der Waals surface area contributed by atoms with Crippen LogP contribution in [0.4, 0.5) is 5.69 Å². The Morgan fingerprint density at radius 3 is 2.81 bits per heavy atom. The molecule has 0 fully saturated rings. The zero-order valence-corrected chi connectivity index (χ0v) is 14.3. The van der Waals surface area contributed by atoms with E-state index in [2.05, 4.69) is 20.3 Å². The van der Waals surface area contributed by atoms with Crippen LogP contribution in [0, 0.1) is 0 Å². The summed E-state index contributed by atoms with van der Waals surface area (Å²) in [5.41, 5.74) is 3.65. The molecule has 26 heavy (non-hydrogen) atoms. The highest BCUT2D eigenvalue weighted by Crippen LogP contribution is 2.19. The number of amides is 1. The normalized spacial score (nSPS) is 11.5. The average Bonchev–Trinajstić information content (AvgIpc) is 3.14. The molecule has 2 aromatic heterocycles. The van der Waals surface area contributed by atoms with E-state index in [-0.39, 0.29) is 5.91 Å². The second kappa shape index (κ2) is 6.16. The van der Waals surface area contributed by atoms with E-state index in [4.69, 9.17) is 4.42 Å². The number of aromatic nitrogens is 3. The number of imidazole rings is 1. The molecule has 0 aliphatic rings. The number of H-pyrrole nitrogens is 2. The number of benzene rings is 2. The summed E-state index contributed by atoms with van der Waals surface area (Å²) in [6.45, 7) is 0.707. The summed E-state index contributed by atoms with van der Waals surface area (Å²) in [5, 5.41) is 2.84. The molecule has 8 heteroatoms. The maximum absolute atomic E-state index is 12.5. The van der Waals surface area contributed by atoms with Gasteiger partial charge in [-0.05, 0) is 50.5 Å². The first kappa shape index (κ1) is 16.1. The SMILES string of the molecule is CN(C)Cc1nc2ccc(NC(=O)c3ccc4[nH]c(=O)oc4c3)cc2[nH]1. The Morgan fingerprint density at radius 2 is 2.00 bits per heavy atom. The molecular weight excluding hydrogens is 334 g/mol. The standard InChI is InChI=1S/C18H17N5O3/c1-23(2)9-16-20-12-6-4-11(8-14(12)21-16)19-17(24)10-3-5-13-15(7-10)26-18(25)22-13/h3-8H,9H2,1-2H3,(H,19,24)(H,20,21)(H,22,25). The highest BCUT2D eigenvalue weighted by atomic mass is 16.4. The minimum Gasteiger partial charge on any atom is -0.408 e. The van der Waals surface area contributed by atoms with Crippen molar-refractivity contribution in [1.29, 1.82) is 0 Å². The topological polar surface area (TPSA) is 107 Å². The van der Waals surface area contributed by atoms with Crippen LogP contribution in [0.3, 0.4) is 0 Å². The highest BCUT2D eigenvalue weighted by Gasteiger charge is 2.11. The summed E-state index contributed by atoms with van der Waals surface area (Å²) in [5.74, 6) is 0.0281. The number of rotatable bonds is 4. The molecule has 0 spiro atoms. The molecule has 2 aromatic carbocycles. The molecule has 0 unspecified atom stereocenters. The molecule has 0 saturated heterocycles. The van der Waals surface area contributed by atoms with Gasteiger partial charge in [0.1, 0.15) is 5.82 Å². The lowest BCUT2D eigenvalue weighted by Crippen LogP contribution is -2.11. The van der Waals surface area contributed by atoms with Crippen LogP contribution in [0.15, 0.2) is 45.6 Å². The van der Waals surface area contributed by atoms with Gasteiger partial charge in [0, 0.05) is 11.3 Å². The van der Waals surface area contributed by atoms with Crippen LogP contribution in [0.25, 0.3) is 22.1 Å². The summed E-state index contributed by atoms with van der Waals surface area (Å²) in [7, 11) is 3.95. The number of carbonyl (C=O) groups is 1. The highest BCUT2D eigenvalue weighted by molar-refractivity contribution is 6.06. The Labute approximate surface area is 147 Å². The third-order valence-electron chi connectivity index (χ3n) is 3.94. The van der Waals surface area contributed by atoms with Crippen molar-refractivity contribution in [2.75, 3.05) is 19.4 Å². The fourth-order valence-electron chi connectivity index (χ4n) is 2.80. The first-order valence-corrected chi connectivity index (χ1v) is 8.05. The quantitative estimate of drug-likeness (QED) is 0.523. The van der Waals surface area contributed by atoms with Crippen LogP contribution in [-0.4, -0.2) is 39.9 Å². The molecule has 4 aromatic rings. The number of oxazole rings is 1. The van der Waals surface area contributed by atoms with E-state index in [1.54, 1.807) is 18.2 Å². The number of hydrogen-bond acceptors (Lipinski definition) is 5. The smallest absolute Gasteiger partial charge is 0.408 e.